The molecule has 3 heterocycles. The summed E-state index contributed by atoms with van der Waals surface area (Å²) in [6, 6.07) is 14.6. The van der Waals surface area contributed by atoms with Crippen LogP contribution in [0, 0.1) is 11.3 Å². The molecule has 0 saturated carbocycles. The summed E-state index contributed by atoms with van der Waals surface area (Å²) >= 11 is 6.12. The van der Waals surface area contributed by atoms with Crippen molar-refractivity contribution < 1.29 is 9.59 Å². The molecule has 0 aliphatic carbocycles. The first-order valence-corrected chi connectivity index (χ1v) is 14.9. The van der Waals surface area contributed by atoms with Crippen molar-refractivity contribution in [1.82, 2.24) is 35.7 Å². The zero-order valence-electron chi connectivity index (χ0n) is 24.1. The molecule has 1 fully saturated rings. The van der Waals surface area contributed by atoms with E-state index >= 15 is 0 Å². The number of rotatable bonds is 9. The number of benzene rings is 2. The molecule has 41 heavy (non-hydrogen) atoms. The fraction of sp³-hybridized carbons (Fsp3) is 0.516. The van der Waals surface area contributed by atoms with Crippen LogP contribution >= 0.6 is 11.6 Å². The number of carbonyl (C=O) groups excluding carboxylic acids is 2. The highest BCUT2D eigenvalue weighted by Crippen LogP contribution is 2.40. The van der Waals surface area contributed by atoms with Gasteiger partial charge in [0, 0.05) is 44.5 Å². The van der Waals surface area contributed by atoms with E-state index in [4.69, 9.17) is 11.6 Å². The molecule has 0 spiro atoms. The Morgan fingerprint density at radius 2 is 1.80 bits per heavy atom. The topological polar surface area (TPSA) is 105 Å². The fourth-order valence-electron chi connectivity index (χ4n) is 6.44. The van der Waals surface area contributed by atoms with Gasteiger partial charge in [0.25, 0.3) is 0 Å². The summed E-state index contributed by atoms with van der Waals surface area (Å²) in [4.78, 5) is 29.4. The van der Waals surface area contributed by atoms with E-state index in [-0.39, 0.29) is 23.3 Å². The highest BCUT2D eigenvalue weighted by molar-refractivity contribution is 6.30. The van der Waals surface area contributed by atoms with Gasteiger partial charge in [-0.2, -0.15) is 0 Å². The first kappa shape index (κ1) is 29.2. The second-order valence-electron chi connectivity index (χ2n) is 12.1. The van der Waals surface area contributed by atoms with Crippen LogP contribution in [0.5, 0.6) is 0 Å². The first-order chi connectivity index (χ1) is 19.7. The van der Waals surface area contributed by atoms with Crippen LogP contribution in [-0.2, 0) is 42.4 Å². The number of carbonyl (C=O) groups is 2. The highest BCUT2D eigenvalue weighted by atomic mass is 35.5. The molecule has 0 unspecified atom stereocenters. The van der Waals surface area contributed by atoms with Crippen LogP contribution in [0.3, 0.4) is 0 Å². The van der Waals surface area contributed by atoms with Gasteiger partial charge in [0.05, 0.1) is 6.04 Å². The number of hydrogen-bond acceptors (Lipinski definition) is 6. The van der Waals surface area contributed by atoms with Crippen molar-refractivity contribution in [2.24, 2.45) is 18.4 Å². The monoisotopic (exact) mass is 577 g/mol. The van der Waals surface area contributed by atoms with Crippen LogP contribution in [0.4, 0.5) is 0 Å². The summed E-state index contributed by atoms with van der Waals surface area (Å²) in [6.07, 6.45) is 4.57. The molecular formula is C31H40ClN7O2. The maximum atomic E-state index is 14.0. The number of nitrogens with one attached hydrogen (secondary N) is 2. The Bertz CT molecular complexity index is 1350. The van der Waals surface area contributed by atoms with Crippen LogP contribution in [0.25, 0.3) is 0 Å². The number of halogens is 1. The van der Waals surface area contributed by atoms with Crippen LogP contribution in [0.15, 0.2) is 48.5 Å². The predicted octanol–water partition coefficient (Wildman–Crippen LogP) is 3.50. The van der Waals surface area contributed by atoms with Gasteiger partial charge in [-0.05, 0) is 76.3 Å². The Kier molecular flexibility index (Phi) is 9.04. The SMILES string of the molecule is CC(C)CC1(Cc2nnnn2C)CCN(C(=O)[C@H](Cc2ccc(Cl)cc2)NC(=O)[C@H]2Cc3ccccc3CN2)CC1. The van der Waals surface area contributed by atoms with E-state index in [0.717, 1.165) is 37.1 Å². The average molecular weight is 578 g/mol. The summed E-state index contributed by atoms with van der Waals surface area (Å²) in [6.45, 7) is 6.39. The zero-order valence-corrected chi connectivity index (χ0v) is 24.9. The number of hydrogen-bond donors (Lipinski definition) is 2. The lowest BCUT2D eigenvalue weighted by Crippen LogP contribution is -2.57. The van der Waals surface area contributed by atoms with Gasteiger partial charge >= 0.3 is 0 Å². The quantitative estimate of drug-likeness (QED) is 0.403. The Hall–Kier alpha value is -3.30. The first-order valence-electron chi connectivity index (χ1n) is 14.6. The Labute approximate surface area is 247 Å². The molecule has 218 valence electrons. The molecule has 0 bridgehead atoms. The molecule has 1 saturated heterocycles. The lowest BCUT2D eigenvalue weighted by Gasteiger charge is -2.43. The van der Waals surface area contributed by atoms with Gasteiger partial charge in [-0.3, -0.25) is 9.59 Å². The molecule has 2 aromatic carbocycles. The Morgan fingerprint density at radius 1 is 1.10 bits per heavy atom. The molecular weight excluding hydrogens is 538 g/mol. The van der Waals surface area contributed by atoms with Crippen molar-refractivity contribution in [3.63, 3.8) is 0 Å². The maximum absolute atomic E-state index is 14.0. The van der Waals surface area contributed by atoms with Crippen molar-refractivity contribution in [3.8, 4) is 0 Å². The highest BCUT2D eigenvalue weighted by Gasteiger charge is 2.39. The third kappa shape index (κ3) is 7.13. The largest absolute Gasteiger partial charge is 0.343 e. The molecule has 1 aromatic heterocycles. The second kappa shape index (κ2) is 12.7. The normalized spacial score (nSPS) is 19.0. The Morgan fingerprint density at radius 3 is 2.46 bits per heavy atom. The summed E-state index contributed by atoms with van der Waals surface area (Å²) in [7, 11) is 1.88. The van der Waals surface area contributed by atoms with Crippen LogP contribution < -0.4 is 10.6 Å². The van der Waals surface area contributed by atoms with Crippen molar-refractivity contribution in [1.29, 1.82) is 0 Å². The number of amides is 2. The number of tetrazole rings is 1. The van der Waals surface area contributed by atoms with Gasteiger partial charge in [0.1, 0.15) is 6.04 Å². The van der Waals surface area contributed by atoms with Gasteiger partial charge in [0.2, 0.25) is 11.8 Å². The van der Waals surface area contributed by atoms with Gasteiger partial charge in [-0.25, -0.2) is 4.68 Å². The van der Waals surface area contributed by atoms with E-state index in [2.05, 4.69) is 52.1 Å². The van der Waals surface area contributed by atoms with Crippen LogP contribution in [-0.4, -0.2) is 62.1 Å². The molecule has 2 N–H and O–H groups in total. The number of aromatic nitrogens is 4. The maximum Gasteiger partial charge on any atom is 0.245 e. The van der Waals surface area contributed by atoms with Crippen molar-refractivity contribution in [2.75, 3.05) is 13.1 Å². The summed E-state index contributed by atoms with van der Waals surface area (Å²) in [5.41, 5.74) is 3.36. The number of aryl methyl sites for hydroxylation is 1. The standard InChI is InChI=1S/C31H40ClN7O2/c1-21(2)18-31(19-28-35-36-37-38(28)3)12-14-39(15-13-31)30(41)27(16-22-8-10-25(32)11-9-22)34-29(40)26-17-23-6-4-5-7-24(23)20-33-26/h4-11,21,26-27,33H,12-20H2,1-3H3,(H,34,40)/t26-,27+/m1/s1. The van der Waals surface area contributed by atoms with Gasteiger partial charge in [-0.1, -0.05) is 61.8 Å². The minimum Gasteiger partial charge on any atom is -0.343 e. The van der Waals surface area contributed by atoms with E-state index in [1.165, 1.54) is 11.1 Å². The molecule has 2 aliphatic heterocycles. The minimum atomic E-state index is -0.664. The third-order valence-electron chi connectivity index (χ3n) is 8.58. The molecule has 10 heteroatoms. The number of fused-ring (bicyclic) bond motifs is 1. The molecule has 2 amide bonds. The van der Waals surface area contributed by atoms with E-state index in [0.29, 0.717) is 43.4 Å². The number of likely N-dealkylation sites (tertiary alicyclic amines) is 1. The van der Waals surface area contributed by atoms with E-state index in [1.54, 1.807) is 4.68 Å². The predicted molar refractivity (Wildman–Crippen MR) is 158 cm³/mol. The van der Waals surface area contributed by atoms with E-state index in [9.17, 15) is 9.59 Å². The van der Waals surface area contributed by atoms with Crippen LogP contribution in [0.1, 0.15) is 55.6 Å². The second-order valence-corrected chi connectivity index (χ2v) is 12.6. The van der Waals surface area contributed by atoms with Crippen molar-refractivity contribution in [2.45, 2.75) is 71.0 Å². The number of piperidine rings is 1. The van der Waals surface area contributed by atoms with Crippen LogP contribution in [0.2, 0.25) is 5.02 Å². The summed E-state index contributed by atoms with van der Waals surface area (Å²) < 4.78 is 1.75. The smallest absolute Gasteiger partial charge is 0.245 e. The zero-order chi connectivity index (χ0) is 29.0. The lowest BCUT2D eigenvalue weighted by atomic mass is 9.70. The Balaban J connectivity index is 1.30. The van der Waals surface area contributed by atoms with E-state index in [1.807, 2.05) is 48.3 Å². The molecule has 2 atom stereocenters. The number of nitrogens with zero attached hydrogens (tertiary/aromatic N) is 5. The molecule has 5 rings (SSSR count). The van der Waals surface area contributed by atoms with Crippen molar-refractivity contribution in [3.05, 3.63) is 76.1 Å². The van der Waals surface area contributed by atoms with Crippen molar-refractivity contribution >= 4 is 23.4 Å². The lowest BCUT2D eigenvalue weighted by molar-refractivity contribution is -0.139. The van der Waals surface area contributed by atoms with E-state index < -0.39 is 6.04 Å². The fourth-order valence-corrected chi connectivity index (χ4v) is 6.57. The van der Waals surface area contributed by atoms with Gasteiger partial charge < -0.3 is 15.5 Å². The summed E-state index contributed by atoms with van der Waals surface area (Å²) in [5, 5.41) is 19.2. The van der Waals surface area contributed by atoms with Gasteiger partial charge in [-0.15, -0.1) is 5.10 Å². The molecule has 9 nitrogen and oxygen atoms in total. The molecule has 2 aliphatic rings. The minimum absolute atomic E-state index is 0.0295. The molecule has 3 aromatic rings. The third-order valence-corrected chi connectivity index (χ3v) is 8.84. The van der Waals surface area contributed by atoms with Gasteiger partial charge in [0.15, 0.2) is 5.82 Å². The average Bonchev–Trinajstić information content (AvgIpc) is 3.36. The summed E-state index contributed by atoms with van der Waals surface area (Å²) in [5.74, 6) is 1.21. The molecule has 0 radical (unpaired) electrons.